The van der Waals surface area contributed by atoms with E-state index in [0.29, 0.717) is 16.7 Å². The van der Waals surface area contributed by atoms with Gasteiger partial charge in [0.05, 0.1) is 23.7 Å². The standard InChI is InChI=1S/C23H17N3O2/c1-28-18-13-11-16(12-14-18)21-15-25-22(27)19-9-5-6-10-20(19)24-23(25)26(21)17-7-3-2-4-8-17/h2-15H,1H3. The molecule has 5 aromatic rings. The monoisotopic (exact) mass is 367 g/mol. The third-order valence-electron chi connectivity index (χ3n) is 4.88. The van der Waals surface area contributed by atoms with Gasteiger partial charge in [-0.25, -0.2) is 4.98 Å². The van der Waals surface area contributed by atoms with Crippen LogP contribution in [-0.4, -0.2) is 21.1 Å². The molecule has 0 aliphatic heterocycles. The molecule has 0 N–H and O–H groups in total. The van der Waals surface area contributed by atoms with Gasteiger partial charge in [0, 0.05) is 17.4 Å². The molecular formula is C23H17N3O2. The zero-order chi connectivity index (χ0) is 19.1. The third-order valence-corrected chi connectivity index (χ3v) is 4.88. The molecule has 28 heavy (non-hydrogen) atoms. The van der Waals surface area contributed by atoms with Crippen molar-refractivity contribution in [2.24, 2.45) is 0 Å². The number of hydrogen-bond donors (Lipinski definition) is 0. The summed E-state index contributed by atoms with van der Waals surface area (Å²) in [5.74, 6) is 1.37. The minimum Gasteiger partial charge on any atom is -0.497 e. The molecular weight excluding hydrogens is 350 g/mol. The fourth-order valence-electron chi connectivity index (χ4n) is 3.49. The molecule has 3 aromatic carbocycles. The molecule has 0 aliphatic carbocycles. The van der Waals surface area contributed by atoms with Crippen molar-refractivity contribution in [3.8, 4) is 22.7 Å². The fraction of sp³-hybridized carbons (Fsp3) is 0.0435. The summed E-state index contributed by atoms with van der Waals surface area (Å²) in [6.07, 6.45) is 1.85. The molecule has 0 fully saturated rings. The van der Waals surface area contributed by atoms with Crippen LogP contribution in [0.1, 0.15) is 0 Å². The molecule has 0 amide bonds. The Morgan fingerprint density at radius 3 is 2.32 bits per heavy atom. The Labute approximate surface area is 161 Å². The second-order valence-electron chi connectivity index (χ2n) is 6.52. The smallest absolute Gasteiger partial charge is 0.266 e. The van der Waals surface area contributed by atoms with E-state index in [1.54, 1.807) is 11.5 Å². The van der Waals surface area contributed by atoms with Crippen molar-refractivity contribution in [1.29, 1.82) is 0 Å². The van der Waals surface area contributed by atoms with Gasteiger partial charge in [0.25, 0.3) is 5.56 Å². The van der Waals surface area contributed by atoms with Crippen LogP contribution in [-0.2, 0) is 0 Å². The number of para-hydroxylation sites is 2. The molecule has 0 unspecified atom stereocenters. The van der Waals surface area contributed by atoms with Gasteiger partial charge in [-0.3, -0.25) is 13.8 Å². The Morgan fingerprint density at radius 2 is 1.57 bits per heavy atom. The first-order chi connectivity index (χ1) is 13.8. The lowest BCUT2D eigenvalue weighted by Gasteiger charge is -2.10. The van der Waals surface area contributed by atoms with Crippen molar-refractivity contribution >= 4 is 16.7 Å². The maximum absolute atomic E-state index is 13.1. The van der Waals surface area contributed by atoms with E-state index in [0.717, 1.165) is 22.7 Å². The van der Waals surface area contributed by atoms with Crippen LogP contribution in [0, 0.1) is 0 Å². The molecule has 136 valence electrons. The van der Waals surface area contributed by atoms with Crippen molar-refractivity contribution in [2.75, 3.05) is 7.11 Å². The van der Waals surface area contributed by atoms with E-state index in [9.17, 15) is 4.79 Å². The highest BCUT2D eigenvalue weighted by Crippen LogP contribution is 2.28. The number of hydrogen-bond acceptors (Lipinski definition) is 3. The number of imidazole rings is 1. The highest BCUT2D eigenvalue weighted by molar-refractivity contribution is 5.80. The number of benzene rings is 3. The third kappa shape index (κ3) is 2.48. The van der Waals surface area contributed by atoms with Gasteiger partial charge in [-0.05, 0) is 48.5 Å². The minimum atomic E-state index is -0.0787. The van der Waals surface area contributed by atoms with Gasteiger partial charge in [0.2, 0.25) is 5.78 Å². The quantitative estimate of drug-likeness (QED) is 0.477. The molecule has 0 atom stereocenters. The Bertz CT molecular complexity index is 1350. The van der Waals surface area contributed by atoms with Crippen LogP contribution >= 0.6 is 0 Å². The van der Waals surface area contributed by atoms with Crippen LogP contribution in [0.15, 0.2) is 89.9 Å². The molecule has 0 spiro atoms. The predicted octanol–water partition coefficient (Wildman–Crippen LogP) is 4.31. The zero-order valence-electron chi connectivity index (χ0n) is 15.2. The highest BCUT2D eigenvalue weighted by Gasteiger charge is 2.16. The number of fused-ring (bicyclic) bond motifs is 2. The Morgan fingerprint density at radius 1 is 0.857 bits per heavy atom. The summed E-state index contributed by atoms with van der Waals surface area (Å²) in [6.45, 7) is 0. The molecule has 5 heteroatoms. The first-order valence-corrected chi connectivity index (χ1v) is 8.99. The van der Waals surface area contributed by atoms with Gasteiger partial charge < -0.3 is 4.74 Å². The summed E-state index contributed by atoms with van der Waals surface area (Å²) in [4.78, 5) is 17.9. The summed E-state index contributed by atoms with van der Waals surface area (Å²) in [6, 6.07) is 25.2. The second-order valence-corrected chi connectivity index (χ2v) is 6.52. The van der Waals surface area contributed by atoms with Gasteiger partial charge >= 0.3 is 0 Å². The van der Waals surface area contributed by atoms with Gasteiger partial charge in [0.15, 0.2) is 0 Å². The highest BCUT2D eigenvalue weighted by atomic mass is 16.5. The van der Waals surface area contributed by atoms with Crippen LogP contribution in [0.5, 0.6) is 5.75 Å². The van der Waals surface area contributed by atoms with Gasteiger partial charge in [-0.15, -0.1) is 0 Å². The normalized spacial score (nSPS) is 11.2. The Hall–Kier alpha value is -3.86. The molecule has 5 rings (SSSR count). The minimum absolute atomic E-state index is 0.0787. The molecule has 0 radical (unpaired) electrons. The SMILES string of the molecule is COc1ccc(-c2cn3c(=O)c4ccccc4nc3n2-c2ccccc2)cc1. The molecule has 5 nitrogen and oxygen atoms in total. The predicted molar refractivity (Wildman–Crippen MR) is 110 cm³/mol. The fourth-order valence-corrected chi connectivity index (χ4v) is 3.49. The number of rotatable bonds is 3. The van der Waals surface area contributed by atoms with E-state index in [2.05, 4.69) is 0 Å². The largest absolute Gasteiger partial charge is 0.497 e. The summed E-state index contributed by atoms with van der Waals surface area (Å²) >= 11 is 0. The Balaban J connectivity index is 1.89. The molecule has 0 saturated carbocycles. The van der Waals surface area contributed by atoms with E-state index in [1.807, 2.05) is 89.6 Å². The van der Waals surface area contributed by atoms with E-state index in [4.69, 9.17) is 9.72 Å². The van der Waals surface area contributed by atoms with Crippen LogP contribution in [0.3, 0.4) is 0 Å². The first-order valence-electron chi connectivity index (χ1n) is 8.99. The molecule has 0 aliphatic rings. The topological polar surface area (TPSA) is 48.5 Å². The van der Waals surface area contributed by atoms with Crippen LogP contribution in [0.25, 0.3) is 33.6 Å². The summed E-state index contributed by atoms with van der Waals surface area (Å²) in [5, 5.41) is 0.603. The maximum atomic E-state index is 13.1. The van der Waals surface area contributed by atoms with Crippen molar-refractivity contribution in [2.45, 2.75) is 0 Å². The lowest BCUT2D eigenvalue weighted by Crippen LogP contribution is -2.14. The average Bonchev–Trinajstić information content (AvgIpc) is 3.14. The van der Waals surface area contributed by atoms with Gasteiger partial charge in [-0.1, -0.05) is 30.3 Å². The van der Waals surface area contributed by atoms with Gasteiger partial charge in [0.1, 0.15) is 5.75 Å². The summed E-state index contributed by atoms with van der Waals surface area (Å²) in [7, 11) is 1.64. The molecule has 2 aromatic heterocycles. The summed E-state index contributed by atoms with van der Waals surface area (Å²) < 4.78 is 8.91. The van der Waals surface area contributed by atoms with E-state index < -0.39 is 0 Å². The molecule has 2 heterocycles. The van der Waals surface area contributed by atoms with E-state index in [1.165, 1.54) is 0 Å². The summed E-state index contributed by atoms with van der Waals surface area (Å²) in [5.41, 5.74) is 3.40. The average molecular weight is 367 g/mol. The molecule has 0 bridgehead atoms. The lowest BCUT2D eigenvalue weighted by molar-refractivity contribution is 0.415. The number of aromatic nitrogens is 3. The first kappa shape index (κ1) is 16.3. The van der Waals surface area contributed by atoms with Gasteiger partial charge in [-0.2, -0.15) is 0 Å². The van der Waals surface area contributed by atoms with Crippen LogP contribution < -0.4 is 10.3 Å². The van der Waals surface area contributed by atoms with Crippen molar-refractivity contribution < 1.29 is 4.74 Å². The second kappa shape index (κ2) is 6.39. The van der Waals surface area contributed by atoms with Crippen molar-refractivity contribution in [1.82, 2.24) is 14.0 Å². The molecule has 0 saturated heterocycles. The van der Waals surface area contributed by atoms with Crippen LogP contribution in [0.4, 0.5) is 0 Å². The number of nitrogens with zero attached hydrogens (tertiary/aromatic N) is 3. The number of ether oxygens (including phenoxy) is 1. The Kier molecular flexibility index (Phi) is 3.72. The van der Waals surface area contributed by atoms with E-state index in [-0.39, 0.29) is 5.56 Å². The van der Waals surface area contributed by atoms with Crippen molar-refractivity contribution in [3.63, 3.8) is 0 Å². The number of methoxy groups -OCH3 is 1. The van der Waals surface area contributed by atoms with Crippen LogP contribution in [0.2, 0.25) is 0 Å². The van der Waals surface area contributed by atoms with Crippen molar-refractivity contribution in [3.05, 3.63) is 95.4 Å². The van der Waals surface area contributed by atoms with E-state index >= 15 is 0 Å². The zero-order valence-corrected chi connectivity index (χ0v) is 15.2. The maximum Gasteiger partial charge on any atom is 0.266 e. The lowest BCUT2D eigenvalue weighted by atomic mass is 10.1.